The zero-order valence-electron chi connectivity index (χ0n) is 18.9. The molecule has 3 rings (SSSR count). The van der Waals surface area contributed by atoms with Crippen LogP contribution in [0.15, 0.2) is 64.2 Å². The van der Waals surface area contributed by atoms with Crippen LogP contribution in [0.2, 0.25) is 0 Å². The molecule has 0 bridgehead atoms. The fraction of sp³-hybridized carbons (Fsp3) is 0.200. The van der Waals surface area contributed by atoms with Crippen LogP contribution in [0.3, 0.4) is 0 Å². The summed E-state index contributed by atoms with van der Waals surface area (Å²) in [6, 6.07) is 14.5. The number of hydrogen-bond donors (Lipinski definition) is 1. The molecule has 1 amide bonds. The second-order valence-electron chi connectivity index (χ2n) is 6.95. The van der Waals surface area contributed by atoms with Crippen molar-refractivity contribution in [3.63, 3.8) is 0 Å². The van der Waals surface area contributed by atoms with Crippen LogP contribution in [0.4, 0.5) is 4.39 Å². The fourth-order valence-corrected chi connectivity index (χ4v) is 3.63. The summed E-state index contributed by atoms with van der Waals surface area (Å²) in [4.78, 5) is 12.5. The molecule has 0 aliphatic carbocycles. The third kappa shape index (κ3) is 6.48. The van der Waals surface area contributed by atoms with Crippen molar-refractivity contribution in [1.82, 2.24) is 5.43 Å². The van der Waals surface area contributed by atoms with Gasteiger partial charge >= 0.3 is 0 Å². The van der Waals surface area contributed by atoms with Crippen molar-refractivity contribution in [3.8, 4) is 23.0 Å². The van der Waals surface area contributed by atoms with Gasteiger partial charge < -0.3 is 18.9 Å². The predicted octanol–water partition coefficient (Wildman–Crippen LogP) is 5.35. The Hall–Kier alpha value is -3.59. The third-order valence-electron chi connectivity index (χ3n) is 4.63. The van der Waals surface area contributed by atoms with Gasteiger partial charge in [-0.15, -0.1) is 0 Å². The largest absolute Gasteiger partial charge is 0.493 e. The van der Waals surface area contributed by atoms with Crippen LogP contribution in [-0.4, -0.2) is 32.9 Å². The van der Waals surface area contributed by atoms with Crippen LogP contribution in [0.1, 0.15) is 28.4 Å². The van der Waals surface area contributed by atoms with Crippen LogP contribution in [0.25, 0.3) is 0 Å². The van der Waals surface area contributed by atoms with Gasteiger partial charge in [0.15, 0.2) is 23.0 Å². The highest BCUT2D eigenvalue weighted by molar-refractivity contribution is 9.10. The summed E-state index contributed by atoms with van der Waals surface area (Å²) in [6.45, 7) is 2.46. The Morgan fingerprint density at radius 3 is 2.53 bits per heavy atom. The Morgan fingerprint density at radius 2 is 1.82 bits per heavy atom. The summed E-state index contributed by atoms with van der Waals surface area (Å²) >= 11 is 3.47. The van der Waals surface area contributed by atoms with Gasteiger partial charge in [0, 0.05) is 5.56 Å². The van der Waals surface area contributed by atoms with Gasteiger partial charge in [-0.1, -0.05) is 12.1 Å². The lowest BCUT2D eigenvalue weighted by atomic mass is 10.2. The van der Waals surface area contributed by atoms with E-state index in [-0.39, 0.29) is 12.4 Å². The Morgan fingerprint density at radius 1 is 1.03 bits per heavy atom. The maximum absolute atomic E-state index is 13.4. The van der Waals surface area contributed by atoms with Crippen LogP contribution in [0, 0.1) is 5.82 Å². The average Bonchev–Trinajstić information content (AvgIpc) is 2.83. The van der Waals surface area contributed by atoms with Crippen molar-refractivity contribution in [1.29, 1.82) is 0 Å². The minimum atomic E-state index is -0.402. The Bertz CT molecular complexity index is 1190. The Labute approximate surface area is 205 Å². The highest BCUT2D eigenvalue weighted by atomic mass is 79.9. The quantitative estimate of drug-likeness (QED) is 0.282. The predicted molar refractivity (Wildman–Crippen MR) is 131 cm³/mol. The standard InChI is InChI=1S/C25H24BrFN2O5/c1-4-33-22-13-18(8-9-21(22)31-2)25(30)29-28-14-17-11-20(26)24(23(12-17)32-3)34-15-16-6-5-7-19(27)10-16/h5-14H,4,15H2,1-3H3,(H,29,30)/b28-14+. The van der Waals surface area contributed by atoms with Gasteiger partial charge in [0.05, 0.1) is 31.5 Å². The van der Waals surface area contributed by atoms with Crippen LogP contribution in [0.5, 0.6) is 23.0 Å². The lowest BCUT2D eigenvalue weighted by Gasteiger charge is -2.13. The number of ether oxygens (including phenoxy) is 4. The molecule has 34 heavy (non-hydrogen) atoms. The maximum Gasteiger partial charge on any atom is 0.271 e. The second kappa shape index (κ2) is 12.0. The molecule has 0 fully saturated rings. The van der Waals surface area contributed by atoms with E-state index in [0.29, 0.717) is 50.8 Å². The summed E-state index contributed by atoms with van der Waals surface area (Å²) in [5, 5.41) is 4.03. The highest BCUT2D eigenvalue weighted by Crippen LogP contribution is 2.37. The zero-order chi connectivity index (χ0) is 24.5. The monoisotopic (exact) mass is 530 g/mol. The number of rotatable bonds is 10. The second-order valence-corrected chi connectivity index (χ2v) is 7.80. The van der Waals surface area contributed by atoms with Gasteiger partial charge in [0.2, 0.25) is 0 Å². The first-order valence-electron chi connectivity index (χ1n) is 10.3. The molecule has 3 aromatic rings. The van der Waals surface area contributed by atoms with Crippen LogP contribution >= 0.6 is 15.9 Å². The van der Waals surface area contributed by atoms with Crippen molar-refractivity contribution in [3.05, 3.63) is 81.6 Å². The number of hydrogen-bond acceptors (Lipinski definition) is 6. The van der Waals surface area contributed by atoms with E-state index in [2.05, 4.69) is 26.5 Å². The van der Waals surface area contributed by atoms with Gasteiger partial charge in [-0.2, -0.15) is 5.10 Å². The Balaban J connectivity index is 1.69. The number of hydrazone groups is 1. The van der Waals surface area contributed by atoms with Crippen LogP contribution in [-0.2, 0) is 6.61 Å². The van der Waals surface area contributed by atoms with Gasteiger partial charge in [-0.05, 0) is 76.4 Å². The molecule has 0 spiro atoms. The molecule has 7 nitrogen and oxygen atoms in total. The minimum Gasteiger partial charge on any atom is -0.493 e. The molecule has 0 unspecified atom stereocenters. The molecule has 0 saturated carbocycles. The zero-order valence-corrected chi connectivity index (χ0v) is 20.5. The first-order chi connectivity index (χ1) is 16.4. The molecule has 0 heterocycles. The molecule has 1 N–H and O–H groups in total. The summed E-state index contributed by atoms with van der Waals surface area (Å²) < 4.78 is 36.0. The van der Waals surface area contributed by atoms with Crippen LogP contribution < -0.4 is 24.4 Å². The molecular weight excluding hydrogens is 507 g/mol. The van der Waals surface area contributed by atoms with E-state index < -0.39 is 5.91 Å². The van der Waals surface area contributed by atoms with E-state index in [9.17, 15) is 9.18 Å². The molecule has 0 saturated heterocycles. The third-order valence-corrected chi connectivity index (χ3v) is 5.22. The summed E-state index contributed by atoms with van der Waals surface area (Å²) in [5.74, 6) is 1.21. The maximum atomic E-state index is 13.4. The molecular formula is C25H24BrFN2O5. The summed E-state index contributed by atoms with van der Waals surface area (Å²) in [6.07, 6.45) is 1.48. The lowest BCUT2D eigenvalue weighted by Crippen LogP contribution is -2.17. The number of carbonyl (C=O) groups is 1. The van der Waals surface area contributed by atoms with Crippen molar-refractivity contribution in [2.24, 2.45) is 5.10 Å². The van der Waals surface area contributed by atoms with Crippen molar-refractivity contribution in [2.75, 3.05) is 20.8 Å². The molecule has 0 aliphatic rings. The molecule has 0 radical (unpaired) electrons. The van der Waals surface area contributed by atoms with Crippen molar-refractivity contribution >= 4 is 28.1 Å². The van der Waals surface area contributed by atoms with Gasteiger partial charge in [0.1, 0.15) is 12.4 Å². The number of nitrogens with zero attached hydrogens (tertiary/aromatic N) is 1. The molecule has 0 aromatic heterocycles. The summed E-state index contributed by atoms with van der Waals surface area (Å²) in [5.41, 5.74) is 4.21. The molecule has 3 aromatic carbocycles. The topological polar surface area (TPSA) is 78.4 Å². The molecule has 0 aliphatic heterocycles. The fourth-order valence-electron chi connectivity index (χ4n) is 3.05. The molecule has 9 heteroatoms. The molecule has 0 atom stereocenters. The first-order valence-corrected chi connectivity index (χ1v) is 11.1. The number of amides is 1. The minimum absolute atomic E-state index is 0.168. The van der Waals surface area contributed by atoms with Crippen molar-refractivity contribution in [2.45, 2.75) is 13.5 Å². The molecule has 178 valence electrons. The summed E-state index contributed by atoms with van der Waals surface area (Å²) in [7, 11) is 3.05. The smallest absolute Gasteiger partial charge is 0.271 e. The number of carbonyl (C=O) groups excluding carboxylic acids is 1. The SMILES string of the molecule is CCOc1cc(C(=O)N/N=C/c2cc(Br)c(OCc3cccc(F)c3)c(OC)c2)ccc1OC. The lowest BCUT2D eigenvalue weighted by molar-refractivity contribution is 0.0954. The van der Waals surface area contributed by atoms with E-state index in [1.54, 1.807) is 42.5 Å². The van der Waals surface area contributed by atoms with E-state index in [1.807, 2.05) is 6.92 Å². The van der Waals surface area contributed by atoms with Gasteiger partial charge in [0.25, 0.3) is 5.91 Å². The van der Waals surface area contributed by atoms with E-state index in [1.165, 1.54) is 32.6 Å². The number of methoxy groups -OCH3 is 2. The van der Waals surface area contributed by atoms with Gasteiger partial charge in [-0.25, -0.2) is 9.82 Å². The highest BCUT2D eigenvalue weighted by Gasteiger charge is 2.13. The van der Waals surface area contributed by atoms with Gasteiger partial charge in [-0.3, -0.25) is 4.79 Å². The van der Waals surface area contributed by atoms with E-state index in [4.69, 9.17) is 18.9 Å². The number of nitrogens with one attached hydrogen (secondary N) is 1. The Kier molecular flexibility index (Phi) is 8.86. The average molecular weight is 531 g/mol. The number of halogens is 2. The number of benzene rings is 3. The van der Waals surface area contributed by atoms with E-state index >= 15 is 0 Å². The first kappa shape index (κ1) is 25.0. The normalized spacial score (nSPS) is 10.7. The van der Waals surface area contributed by atoms with Crippen molar-refractivity contribution < 1.29 is 28.1 Å². The van der Waals surface area contributed by atoms with E-state index in [0.717, 1.165) is 0 Å².